The maximum absolute atomic E-state index is 12.5. The number of carbonyl (C=O) groups is 1. The second kappa shape index (κ2) is 10.2. The molecule has 0 unspecified atom stereocenters. The van der Waals surface area contributed by atoms with Gasteiger partial charge in [0.25, 0.3) is 0 Å². The molecular formula is C21H33N3O3. The molecule has 2 heterocycles. The maximum atomic E-state index is 12.5. The molecule has 1 aromatic rings. The van der Waals surface area contributed by atoms with Crippen molar-refractivity contribution in [2.45, 2.75) is 33.1 Å². The highest BCUT2D eigenvalue weighted by Crippen LogP contribution is 2.13. The Hall–Kier alpha value is -1.47. The zero-order valence-electron chi connectivity index (χ0n) is 16.7. The molecule has 0 aromatic heterocycles. The van der Waals surface area contributed by atoms with Crippen molar-refractivity contribution in [1.82, 2.24) is 14.7 Å². The van der Waals surface area contributed by atoms with Gasteiger partial charge in [-0.3, -0.25) is 14.6 Å². The van der Waals surface area contributed by atoms with Crippen LogP contribution in [-0.2, 0) is 27.4 Å². The first-order valence-electron chi connectivity index (χ1n) is 10.1. The molecule has 0 atom stereocenters. The minimum absolute atomic E-state index is 0.247. The van der Waals surface area contributed by atoms with Gasteiger partial charge in [0.2, 0.25) is 5.91 Å². The second-order valence-electron chi connectivity index (χ2n) is 7.73. The van der Waals surface area contributed by atoms with Crippen LogP contribution in [0.5, 0.6) is 0 Å². The van der Waals surface area contributed by atoms with Gasteiger partial charge >= 0.3 is 0 Å². The van der Waals surface area contributed by atoms with Crippen molar-refractivity contribution < 1.29 is 14.3 Å². The molecule has 6 nitrogen and oxygen atoms in total. The van der Waals surface area contributed by atoms with Crippen LogP contribution in [0.3, 0.4) is 0 Å². The van der Waals surface area contributed by atoms with Crippen LogP contribution in [0, 0.1) is 0 Å². The van der Waals surface area contributed by atoms with E-state index in [0.29, 0.717) is 13.2 Å². The van der Waals surface area contributed by atoms with Gasteiger partial charge in [-0.2, -0.15) is 0 Å². The monoisotopic (exact) mass is 375 g/mol. The first-order chi connectivity index (χ1) is 13.1. The molecule has 0 saturated carbocycles. The average Bonchev–Trinajstić information content (AvgIpc) is 2.68. The van der Waals surface area contributed by atoms with Crippen LogP contribution in [0.4, 0.5) is 0 Å². The van der Waals surface area contributed by atoms with Gasteiger partial charge in [-0.1, -0.05) is 24.3 Å². The van der Waals surface area contributed by atoms with Crippen LogP contribution in [0.15, 0.2) is 24.3 Å². The van der Waals surface area contributed by atoms with Crippen molar-refractivity contribution in [3.8, 4) is 0 Å². The first-order valence-corrected chi connectivity index (χ1v) is 10.1. The van der Waals surface area contributed by atoms with Crippen LogP contribution in [0.2, 0.25) is 0 Å². The summed E-state index contributed by atoms with van der Waals surface area (Å²) in [5, 5.41) is 0. The molecule has 0 aliphatic carbocycles. The fourth-order valence-corrected chi connectivity index (χ4v) is 3.54. The molecule has 27 heavy (non-hydrogen) atoms. The third kappa shape index (κ3) is 6.57. The van der Waals surface area contributed by atoms with Crippen LogP contribution in [-0.4, -0.2) is 85.7 Å². The number of nitrogens with zero attached hydrogens (tertiary/aromatic N) is 3. The number of hydrogen-bond donors (Lipinski definition) is 0. The van der Waals surface area contributed by atoms with E-state index >= 15 is 0 Å². The molecule has 3 rings (SSSR count). The van der Waals surface area contributed by atoms with Crippen molar-refractivity contribution in [1.29, 1.82) is 0 Å². The van der Waals surface area contributed by atoms with E-state index in [1.807, 2.05) is 4.90 Å². The van der Waals surface area contributed by atoms with Crippen molar-refractivity contribution in [2.24, 2.45) is 0 Å². The number of piperazine rings is 1. The molecule has 2 aliphatic rings. The van der Waals surface area contributed by atoms with E-state index in [2.05, 4.69) is 47.9 Å². The van der Waals surface area contributed by atoms with E-state index in [-0.39, 0.29) is 12.0 Å². The lowest BCUT2D eigenvalue weighted by atomic mass is 10.1. The van der Waals surface area contributed by atoms with E-state index in [1.165, 1.54) is 11.1 Å². The fourth-order valence-electron chi connectivity index (χ4n) is 3.54. The minimum Gasteiger partial charge on any atom is -0.379 e. The number of morpholine rings is 1. The number of amides is 1. The molecule has 0 radical (unpaired) electrons. The zero-order chi connectivity index (χ0) is 19.1. The van der Waals surface area contributed by atoms with Crippen molar-refractivity contribution in [3.05, 3.63) is 35.4 Å². The van der Waals surface area contributed by atoms with Crippen LogP contribution in [0.1, 0.15) is 25.0 Å². The normalized spacial score (nSPS) is 19.6. The summed E-state index contributed by atoms with van der Waals surface area (Å²) >= 11 is 0. The quantitative estimate of drug-likeness (QED) is 0.724. The summed E-state index contributed by atoms with van der Waals surface area (Å²) in [7, 11) is 0. The fraction of sp³-hybridized carbons (Fsp3) is 0.667. The van der Waals surface area contributed by atoms with Gasteiger partial charge in [-0.25, -0.2) is 0 Å². The van der Waals surface area contributed by atoms with Crippen LogP contribution < -0.4 is 0 Å². The van der Waals surface area contributed by atoms with E-state index in [4.69, 9.17) is 9.47 Å². The summed E-state index contributed by atoms with van der Waals surface area (Å²) in [4.78, 5) is 19.2. The molecule has 1 amide bonds. The maximum Gasteiger partial charge on any atom is 0.236 e. The predicted octanol–water partition coefficient (Wildman–Crippen LogP) is 1.59. The molecule has 150 valence electrons. The molecule has 2 fully saturated rings. The SMILES string of the molecule is CC(C)OCc1cccc(CN2CCN(C(=O)CN3CCOCC3)CC2)c1. The Kier molecular flexibility index (Phi) is 7.64. The molecule has 6 heteroatoms. The molecule has 0 bridgehead atoms. The van der Waals surface area contributed by atoms with Gasteiger partial charge in [-0.05, 0) is 25.0 Å². The number of benzene rings is 1. The van der Waals surface area contributed by atoms with Crippen molar-refractivity contribution >= 4 is 5.91 Å². The highest BCUT2D eigenvalue weighted by atomic mass is 16.5. The zero-order valence-corrected chi connectivity index (χ0v) is 16.7. The Morgan fingerprint density at radius 1 is 1.04 bits per heavy atom. The number of carbonyl (C=O) groups excluding carboxylic acids is 1. The van der Waals surface area contributed by atoms with E-state index in [9.17, 15) is 4.79 Å². The van der Waals surface area contributed by atoms with E-state index in [1.54, 1.807) is 0 Å². The largest absolute Gasteiger partial charge is 0.379 e. The van der Waals surface area contributed by atoms with E-state index in [0.717, 1.165) is 59.0 Å². The Balaban J connectivity index is 1.42. The highest BCUT2D eigenvalue weighted by Gasteiger charge is 2.23. The van der Waals surface area contributed by atoms with Gasteiger partial charge in [0.15, 0.2) is 0 Å². The standard InChI is InChI=1S/C21H33N3O3/c1-18(2)27-17-20-5-3-4-19(14-20)15-22-6-8-24(9-7-22)21(25)16-23-10-12-26-13-11-23/h3-5,14,18H,6-13,15-17H2,1-2H3. The highest BCUT2D eigenvalue weighted by molar-refractivity contribution is 5.78. The number of rotatable bonds is 7. The van der Waals surface area contributed by atoms with Gasteiger partial charge in [0.1, 0.15) is 0 Å². The third-order valence-electron chi connectivity index (χ3n) is 5.17. The molecule has 1 aromatic carbocycles. The second-order valence-corrected chi connectivity index (χ2v) is 7.73. The molecule has 2 aliphatic heterocycles. The molecule has 0 spiro atoms. The summed E-state index contributed by atoms with van der Waals surface area (Å²) in [5.74, 6) is 0.254. The summed E-state index contributed by atoms with van der Waals surface area (Å²) in [6.07, 6.45) is 0.247. The number of hydrogen-bond acceptors (Lipinski definition) is 5. The predicted molar refractivity (Wildman–Crippen MR) is 105 cm³/mol. The summed E-state index contributed by atoms with van der Waals surface area (Å²) in [6, 6.07) is 8.64. The number of ether oxygens (including phenoxy) is 2. The Labute approximate surface area is 163 Å². The van der Waals surface area contributed by atoms with Crippen LogP contribution in [0.25, 0.3) is 0 Å². The lowest BCUT2D eigenvalue weighted by molar-refractivity contribution is -0.135. The molecular weight excluding hydrogens is 342 g/mol. The lowest BCUT2D eigenvalue weighted by Gasteiger charge is -2.36. The van der Waals surface area contributed by atoms with Gasteiger partial charge in [0, 0.05) is 45.8 Å². The summed E-state index contributed by atoms with van der Waals surface area (Å²) < 4.78 is 11.1. The molecule has 2 saturated heterocycles. The Bertz CT molecular complexity index is 594. The molecule has 0 N–H and O–H groups in total. The first kappa shape index (κ1) is 20.3. The lowest BCUT2D eigenvalue weighted by Crippen LogP contribution is -2.51. The Morgan fingerprint density at radius 3 is 2.44 bits per heavy atom. The topological polar surface area (TPSA) is 45.2 Å². The minimum atomic E-state index is 0.247. The van der Waals surface area contributed by atoms with Crippen LogP contribution >= 0.6 is 0 Å². The van der Waals surface area contributed by atoms with Crippen molar-refractivity contribution in [3.63, 3.8) is 0 Å². The van der Waals surface area contributed by atoms with E-state index < -0.39 is 0 Å². The van der Waals surface area contributed by atoms with Gasteiger partial charge < -0.3 is 14.4 Å². The summed E-state index contributed by atoms with van der Waals surface area (Å²) in [6.45, 7) is 12.9. The van der Waals surface area contributed by atoms with Gasteiger partial charge in [-0.15, -0.1) is 0 Å². The smallest absolute Gasteiger partial charge is 0.236 e. The van der Waals surface area contributed by atoms with Gasteiger partial charge in [0.05, 0.1) is 32.5 Å². The third-order valence-corrected chi connectivity index (χ3v) is 5.17. The Morgan fingerprint density at radius 2 is 1.74 bits per heavy atom. The van der Waals surface area contributed by atoms with Crippen molar-refractivity contribution in [2.75, 3.05) is 59.0 Å². The average molecular weight is 376 g/mol. The summed E-state index contributed by atoms with van der Waals surface area (Å²) in [5.41, 5.74) is 2.54.